The Morgan fingerprint density at radius 2 is 1.75 bits per heavy atom. The Labute approximate surface area is 118 Å². The molecule has 0 saturated carbocycles. The molecule has 0 aliphatic carbocycles. The van der Waals surface area contributed by atoms with Crippen molar-refractivity contribution in [2.75, 3.05) is 10.5 Å². The van der Waals surface area contributed by atoms with Crippen LogP contribution < -0.4 is 10.5 Å². The van der Waals surface area contributed by atoms with Crippen molar-refractivity contribution in [3.63, 3.8) is 0 Å². The molecule has 5 nitrogen and oxygen atoms in total. The molecule has 0 amide bonds. The average molecular weight is 291 g/mol. The van der Waals surface area contributed by atoms with Crippen molar-refractivity contribution in [2.45, 2.75) is 24.7 Å². The number of pyridine rings is 1. The van der Waals surface area contributed by atoms with Gasteiger partial charge in [-0.25, -0.2) is 13.4 Å². The third kappa shape index (κ3) is 3.27. The zero-order valence-electron chi connectivity index (χ0n) is 11.4. The van der Waals surface area contributed by atoms with Crippen LogP contribution >= 0.6 is 0 Å². The molecule has 1 aromatic heterocycles. The lowest BCUT2D eigenvalue weighted by Crippen LogP contribution is -2.13. The van der Waals surface area contributed by atoms with Crippen LogP contribution in [0.3, 0.4) is 0 Å². The number of benzene rings is 1. The first-order chi connectivity index (χ1) is 9.38. The first-order valence-corrected chi connectivity index (χ1v) is 7.71. The maximum atomic E-state index is 12.1. The summed E-state index contributed by atoms with van der Waals surface area (Å²) in [7, 11) is -3.63. The van der Waals surface area contributed by atoms with Gasteiger partial charge in [0.2, 0.25) is 0 Å². The Morgan fingerprint density at radius 1 is 1.10 bits per heavy atom. The van der Waals surface area contributed by atoms with E-state index in [9.17, 15) is 8.42 Å². The van der Waals surface area contributed by atoms with Crippen LogP contribution in [0.2, 0.25) is 0 Å². The fourth-order valence-electron chi connectivity index (χ4n) is 1.70. The van der Waals surface area contributed by atoms with Gasteiger partial charge in [0.25, 0.3) is 10.0 Å². The fourth-order valence-corrected chi connectivity index (χ4v) is 2.70. The molecule has 106 valence electrons. The summed E-state index contributed by atoms with van der Waals surface area (Å²) in [6, 6.07) is 10.2. The summed E-state index contributed by atoms with van der Waals surface area (Å²) >= 11 is 0. The van der Waals surface area contributed by atoms with Crippen molar-refractivity contribution in [1.29, 1.82) is 0 Å². The minimum Gasteiger partial charge on any atom is -0.384 e. The Morgan fingerprint density at radius 3 is 2.25 bits per heavy atom. The molecule has 0 atom stereocenters. The summed E-state index contributed by atoms with van der Waals surface area (Å²) < 4.78 is 26.8. The largest absolute Gasteiger partial charge is 0.384 e. The molecule has 2 rings (SSSR count). The number of anilines is 2. The van der Waals surface area contributed by atoms with Gasteiger partial charge < -0.3 is 5.73 Å². The molecule has 6 heteroatoms. The first kappa shape index (κ1) is 14.3. The monoisotopic (exact) mass is 291 g/mol. The Bertz CT molecular complexity index is 677. The normalized spacial score (nSPS) is 11.6. The van der Waals surface area contributed by atoms with E-state index in [0.29, 0.717) is 11.6 Å². The number of rotatable bonds is 4. The number of nitrogens with one attached hydrogen (secondary N) is 1. The second-order valence-corrected chi connectivity index (χ2v) is 6.48. The molecule has 0 unspecified atom stereocenters. The number of aromatic nitrogens is 1. The lowest BCUT2D eigenvalue weighted by Gasteiger charge is -2.10. The number of nitrogen functional groups attached to an aromatic ring is 1. The molecule has 0 fully saturated rings. The molecule has 1 heterocycles. The molecule has 0 saturated heterocycles. The van der Waals surface area contributed by atoms with Gasteiger partial charge in [-0.1, -0.05) is 26.0 Å². The van der Waals surface area contributed by atoms with Gasteiger partial charge in [0, 0.05) is 11.9 Å². The minimum absolute atomic E-state index is 0.0830. The van der Waals surface area contributed by atoms with E-state index in [1.165, 1.54) is 18.3 Å². The van der Waals surface area contributed by atoms with E-state index in [4.69, 9.17) is 5.73 Å². The highest BCUT2D eigenvalue weighted by Gasteiger charge is 2.14. The summed E-state index contributed by atoms with van der Waals surface area (Å²) in [6.07, 6.45) is 1.24. The van der Waals surface area contributed by atoms with E-state index >= 15 is 0 Å². The minimum atomic E-state index is -3.63. The van der Waals surface area contributed by atoms with E-state index < -0.39 is 10.0 Å². The topological polar surface area (TPSA) is 85.1 Å². The van der Waals surface area contributed by atoms with Gasteiger partial charge in [0.05, 0.1) is 0 Å². The van der Waals surface area contributed by atoms with E-state index in [0.717, 1.165) is 5.56 Å². The third-order valence-corrected chi connectivity index (χ3v) is 4.27. The van der Waals surface area contributed by atoms with Crippen molar-refractivity contribution in [1.82, 2.24) is 4.98 Å². The van der Waals surface area contributed by atoms with Gasteiger partial charge in [0.15, 0.2) is 0 Å². The molecule has 0 spiro atoms. The van der Waals surface area contributed by atoms with Crippen molar-refractivity contribution >= 4 is 21.5 Å². The molecule has 1 aromatic carbocycles. The number of hydrogen-bond acceptors (Lipinski definition) is 4. The number of nitrogens with zero attached hydrogens (tertiary/aromatic N) is 1. The third-order valence-electron chi connectivity index (χ3n) is 2.90. The van der Waals surface area contributed by atoms with Crippen LogP contribution in [0.4, 0.5) is 11.5 Å². The van der Waals surface area contributed by atoms with Crippen LogP contribution in [-0.2, 0) is 10.0 Å². The van der Waals surface area contributed by atoms with Crippen LogP contribution in [0, 0.1) is 0 Å². The molecule has 0 radical (unpaired) electrons. The van der Waals surface area contributed by atoms with Crippen LogP contribution in [0.1, 0.15) is 25.3 Å². The summed E-state index contributed by atoms with van der Waals surface area (Å²) in [6.45, 7) is 4.17. The maximum absolute atomic E-state index is 12.1. The Hall–Kier alpha value is -2.08. The highest BCUT2D eigenvalue weighted by molar-refractivity contribution is 7.92. The molecule has 0 aliphatic heterocycles. The van der Waals surface area contributed by atoms with Crippen molar-refractivity contribution in [3.05, 3.63) is 48.2 Å². The smallest absolute Gasteiger partial charge is 0.263 e. The van der Waals surface area contributed by atoms with Gasteiger partial charge in [0.1, 0.15) is 10.7 Å². The molecule has 20 heavy (non-hydrogen) atoms. The van der Waals surface area contributed by atoms with Gasteiger partial charge in [-0.2, -0.15) is 0 Å². The summed E-state index contributed by atoms with van der Waals surface area (Å²) in [5.41, 5.74) is 7.12. The van der Waals surface area contributed by atoms with Gasteiger partial charge in [-0.05, 0) is 35.7 Å². The maximum Gasteiger partial charge on any atom is 0.263 e. The van der Waals surface area contributed by atoms with Gasteiger partial charge >= 0.3 is 0 Å². The predicted molar refractivity (Wildman–Crippen MR) is 80.0 cm³/mol. The second kappa shape index (κ2) is 5.50. The van der Waals surface area contributed by atoms with Crippen LogP contribution in [0.15, 0.2) is 47.5 Å². The average Bonchev–Trinajstić information content (AvgIpc) is 2.39. The fraction of sp³-hybridized carbons (Fsp3) is 0.214. The van der Waals surface area contributed by atoms with E-state index in [1.54, 1.807) is 12.1 Å². The number of nitrogens with two attached hydrogens (primary N) is 1. The molecular formula is C14H17N3O2S. The molecule has 0 bridgehead atoms. The highest BCUT2D eigenvalue weighted by Crippen LogP contribution is 2.20. The van der Waals surface area contributed by atoms with Crippen LogP contribution in [0.5, 0.6) is 0 Å². The molecule has 3 N–H and O–H groups in total. The molecule has 0 aliphatic rings. The predicted octanol–water partition coefficient (Wildman–Crippen LogP) is 2.59. The molecule has 2 aromatic rings. The standard InChI is InChI=1S/C14H17N3O2S/c1-10(2)11-3-5-12(6-4-11)17-20(18,19)13-7-8-14(15)16-9-13/h3-10,17H,1-2H3,(H2,15,16). The Kier molecular flexibility index (Phi) is 3.94. The summed E-state index contributed by atoms with van der Waals surface area (Å²) in [5.74, 6) is 0.687. The first-order valence-electron chi connectivity index (χ1n) is 6.23. The van der Waals surface area contributed by atoms with Crippen molar-refractivity contribution in [3.8, 4) is 0 Å². The second-order valence-electron chi connectivity index (χ2n) is 4.80. The summed E-state index contributed by atoms with van der Waals surface area (Å²) in [4.78, 5) is 3.87. The van der Waals surface area contributed by atoms with Crippen LogP contribution in [0.25, 0.3) is 0 Å². The Balaban J connectivity index is 2.22. The lowest BCUT2D eigenvalue weighted by atomic mass is 10.0. The highest BCUT2D eigenvalue weighted by atomic mass is 32.2. The van der Waals surface area contributed by atoms with E-state index in [2.05, 4.69) is 23.6 Å². The molecular weight excluding hydrogens is 274 g/mol. The van der Waals surface area contributed by atoms with E-state index in [-0.39, 0.29) is 10.7 Å². The quantitative estimate of drug-likeness (QED) is 0.906. The summed E-state index contributed by atoms with van der Waals surface area (Å²) in [5, 5.41) is 0. The number of sulfonamides is 1. The lowest BCUT2D eigenvalue weighted by molar-refractivity contribution is 0.601. The zero-order chi connectivity index (χ0) is 14.8. The van der Waals surface area contributed by atoms with Crippen molar-refractivity contribution in [2.24, 2.45) is 0 Å². The van der Waals surface area contributed by atoms with Gasteiger partial charge in [-0.15, -0.1) is 0 Å². The number of hydrogen-bond donors (Lipinski definition) is 2. The van der Waals surface area contributed by atoms with Crippen molar-refractivity contribution < 1.29 is 8.42 Å². The van der Waals surface area contributed by atoms with Crippen LogP contribution in [-0.4, -0.2) is 13.4 Å². The SMILES string of the molecule is CC(C)c1ccc(NS(=O)(=O)c2ccc(N)nc2)cc1. The van der Waals surface area contributed by atoms with E-state index in [1.807, 2.05) is 12.1 Å². The van der Waals surface area contributed by atoms with Gasteiger partial charge in [-0.3, -0.25) is 4.72 Å². The zero-order valence-corrected chi connectivity index (χ0v) is 12.2.